The summed E-state index contributed by atoms with van der Waals surface area (Å²) in [6, 6.07) is 17.4. The predicted molar refractivity (Wildman–Crippen MR) is 119 cm³/mol. The molecule has 0 bridgehead atoms. The fourth-order valence-electron chi connectivity index (χ4n) is 3.46. The van der Waals surface area contributed by atoms with E-state index in [9.17, 15) is 4.79 Å². The lowest BCUT2D eigenvalue weighted by Gasteiger charge is -2.02. The summed E-state index contributed by atoms with van der Waals surface area (Å²) in [6.45, 7) is 2.12. The molecule has 3 heterocycles. The van der Waals surface area contributed by atoms with E-state index < -0.39 is 0 Å². The van der Waals surface area contributed by atoms with Crippen LogP contribution >= 0.6 is 11.3 Å². The molecule has 7 nitrogen and oxygen atoms in total. The lowest BCUT2D eigenvalue weighted by atomic mass is 10.1. The normalized spacial score (nSPS) is 11.2. The Kier molecular flexibility index (Phi) is 4.83. The van der Waals surface area contributed by atoms with Gasteiger partial charge in [0.15, 0.2) is 0 Å². The fraction of sp³-hybridized carbons (Fsp3) is 0.130. The molecule has 154 valence electrons. The number of aromatic nitrogens is 4. The van der Waals surface area contributed by atoms with Crippen molar-refractivity contribution < 1.29 is 9.26 Å². The molecule has 0 saturated carbocycles. The summed E-state index contributed by atoms with van der Waals surface area (Å²) in [5.74, 6) is 1.54. The zero-order chi connectivity index (χ0) is 21.4. The van der Waals surface area contributed by atoms with E-state index in [0.717, 1.165) is 32.1 Å². The van der Waals surface area contributed by atoms with Crippen LogP contribution in [-0.2, 0) is 6.54 Å². The zero-order valence-corrected chi connectivity index (χ0v) is 17.7. The maximum atomic E-state index is 13.2. The van der Waals surface area contributed by atoms with Gasteiger partial charge in [-0.05, 0) is 42.3 Å². The molecule has 2 aromatic carbocycles. The number of nitrogens with zero attached hydrogens (tertiary/aromatic N) is 4. The van der Waals surface area contributed by atoms with E-state index >= 15 is 0 Å². The van der Waals surface area contributed by atoms with Gasteiger partial charge >= 0.3 is 0 Å². The Hall–Kier alpha value is -3.78. The van der Waals surface area contributed by atoms with E-state index in [4.69, 9.17) is 9.26 Å². The molecule has 0 aliphatic heterocycles. The van der Waals surface area contributed by atoms with Crippen molar-refractivity contribution in [2.24, 2.45) is 0 Å². The van der Waals surface area contributed by atoms with Crippen molar-refractivity contribution in [1.82, 2.24) is 19.7 Å². The summed E-state index contributed by atoms with van der Waals surface area (Å²) in [5, 5.41) is 4.66. The van der Waals surface area contributed by atoms with Crippen molar-refractivity contribution in [3.05, 3.63) is 82.7 Å². The summed E-state index contributed by atoms with van der Waals surface area (Å²) in [6.07, 6.45) is 1.53. The molecule has 0 fully saturated rings. The number of thiophene rings is 1. The summed E-state index contributed by atoms with van der Waals surface area (Å²) >= 11 is 1.52. The number of ether oxygens (including phenoxy) is 1. The van der Waals surface area contributed by atoms with Gasteiger partial charge in [-0.15, -0.1) is 11.3 Å². The first kappa shape index (κ1) is 19.2. The van der Waals surface area contributed by atoms with Gasteiger partial charge in [0.1, 0.15) is 17.1 Å². The minimum atomic E-state index is -0.120. The summed E-state index contributed by atoms with van der Waals surface area (Å²) in [7, 11) is 1.61. The highest BCUT2D eigenvalue weighted by Crippen LogP contribution is 2.35. The average Bonchev–Trinajstić information content (AvgIpc) is 3.41. The first-order chi connectivity index (χ1) is 15.1. The highest BCUT2D eigenvalue weighted by molar-refractivity contribution is 7.22. The topological polar surface area (TPSA) is 83.0 Å². The smallest absolute Gasteiger partial charge is 0.262 e. The molecule has 0 unspecified atom stereocenters. The van der Waals surface area contributed by atoms with Crippen molar-refractivity contribution >= 4 is 21.6 Å². The second-order valence-corrected chi connectivity index (χ2v) is 8.02. The van der Waals surface area contributed by atoms with Crippen LogP contribution in [0.1, 0.15) is 11.5 Å². The van der Waals surface area contributed by atoms with E-state index in [1.54, 1.807) is 7.11 Å². The van der Waals surface area contributed by atoms with Gasteiger partial charge in [0.05, 0.1) is 18.8 Å². The molecule has 0 saturated heterocycles. The molecule has 8 heteroatoms. The van der Waals surface area contributed by atoms with Gasteiger partial charge in [-0.3, -0.25) is 9.36 Å². The number of fused-ring (bicyclic) bond motifs is 1. The quantitative estimate of drug-likeness (QED) is 0.407. The number of hydrogen-bond donors (Lipinski definition) is 0. The Morgan fingerprint density at radius 3 is 2.58 bits per heavy atom. The van der Waals surface area contributed by atoms with Crippen LogP contribution in [0.3, 0.4) is 0 Å². The van der Waals surface area contributed by atoms with Gasteiger partial charge in [-0.2, -0.15) is 4.98 Å². The molecule has 0 radical (unpaired) electrons. The van der Waals surface area contributed by atoms with Crippen molar-refractivity contribution in [3.63, 3.8) is 0 Å². The monoisotopic (exact) mass is 430 g/mol. The van der Waals surface area contributed by atoms with Crippen LogP contribution in [0.2, 0.25) is 0 Å². The number of benzene rings is 2. The van der Waals surface area contributed by atoms with Crippen LogP contribution in [-0.4, -0.2) is 26.8 Å². The van der Waals surface area contributed by atoms with Crippen LogP contribution in [0.25, 0.3) is 32.0 Å². The highest BCUT2D eigenvalue weighted by atomic mass is 32.1. The largest absolute Gasteiger partial charge is 0.497 e. The van der Waals surface area contributed by atoms with Gasteiger partial charge in [0.2, 0.25) is 11.7 Å². The SMILES string of the molecule is COc1ccc(-c2noc(Cn3cnc4sc(-c5ccccc5)c(C)c4c3=O)n2)cc1. The molecular weight excluding hydrogens is 412 g/mol. The molecule has 0 atom stereocenters. The van der Waals surface area contributed by atoms with Crippen LogP contribution in [0.5, 0.6) is 5.75 Å². The molecule has 0 spiro atoms. The maximum absolute atomic E-state index is 13.2. The third kappa shape index (κ3) is 3.51. The number of rotatable bonds is 5. The van der Waals surface area contributed by atoms with Crippen LogP contribution in [0, 0.1) is 6.92 Å². The number of aryl methyl sites for hydroxylation is 1. The first-order valence-corrected chi connectivity index (χ1v) is 10.5. The van der Waals surface area contributed by atoms with Crippen molar-refractivity contribution in [3.8, 4) is 27.6 Å². The Labute approximate surface area is 181 Å². The fourth-order valence-corrected chi connectivity index (χ4v) is 4.60. The van der Waals surface area contributed by atoms with E-state index in [-0.39, 0.29) is 12.1 Å². The molecule has 0 aliphatic carbocycles. The van der Waals surface area contributed by atoms with Crippen molar-refractivity contribution in [1.29, 1.82) is 0 Å². The first-order valence-electron chi connectivity index (χ1n) is 9.65. The zero-order valence-electron chi connectivity index (χ0n) is 16.9. The molecule has 0 aliphatic rings. The minimum absolute atomic E-state index is 0.120. The third-order valence-electron chi connectivity index (χ3n) is 5.08. The Bertz CT molecular complexity index is 1420. The second kappa shape index (κ2) is 7.81. The Morgan fingerprint density at radius 2 is 1.84 bits per heavy atom. The van der Waals surface area contributed by atoms with Gasteiger partial charge in [-0.25, -0.2) is 4.98 Å². The molecular formula is C23H18N4O3S. The van der Waals surface area contributed by atoms with Crippen LogP contribution < -0.4 is 10.3 Å². The number of methoxy groups -OCH3 is 1. The van der Waals surface area contributed by atoms with Crippen LogP contribution in [0.15, 0.2) is 70.2 Å². The van der Waals surface area contributed by atoms with Crippen molar-refractivity contribution in [2.75, 3.05) is 7.11 Å². The molecule has 5 rings (SSSR count). The molecule has 0 amide bonds. The highest BCUT2D eigenvalue weighted by Gasteiger charge is 2.17. The maximum Gasteiger partial charge on any atom is 0.262 e. The standard InChI is InChI=1S/C23H18N4O3S/c1-14-19-22(31-20(14)15-6-4-3-5-7-15)24-13-27(23(19)28)12-18-25-21(26-30-18)16-8-10-17(29-2)11-9-16/h3-11,13H,12H2,1-2H3. The molecule has 31 heavy (non-hydrogen) atoms. The Morgan fingerprint density at radius 1 is 1.06 bits per heavy atom. The third-order valence-corrected chi connectivity index (χ3v) is 6.32. The van der Waals surface area contributed by atoms with Crippen molar-refractivity contribution in [2.45, 2.75) is 13.5 Å². The van der Waals surface area contributed by atoms with E-state index in [1.807, 2.05) is 61.5 Å². The lowest BCUT2D eigenvalue weighted by molar-refractivity contribution is 0.369. The summed E-state index contributed by atoms with van der Waals surface area (Å²) in [5.41, 5.74) is 2.69. The second-order valence-electron chi connectivity index (χ2n) is 7.02. The van der Waals surface area contributed by atoms with Crippen LogP contribution in [0.4, 0.5) is 0 Å². The van der Waals surface area contributed by atoms with E-state index in [1.165, 1.54) is 22.2 Å². The average molecular weight is 430 g/mol. The summed E-state index contributed by atoms with van der Waals surface area (Å²) < 4.78 is 12.0. The lowest BCUT2D eigenvalue weighted by Crippen LogP contribution is -2.21. The molecule has 3 aromatic heterocycles. The van der Waals surface area contributed by atoms with Gasteiger partial charge < -0.3 is 9.26 Å². The van der Waals surface area contributed by atoms with Gasteiger partial charge in [-0.1, -0.05) is 35.5 Å². The predicted octanol–water partition coefficient (Wildman–Crippen LogP) is 4.54. The van der Waals surface area contributed by atoms with Gasteiger partial charge in [0, 0.05) is 10.4 Å². The Balaban J connectivity index is 1.47. The number of hydrogen-bond acceptors (Lipinski definition) is 7. The summed E-state index contributed by atoms with van der Waals surface area (Å²) in [4.78, 5) is 23.9. The van der Waals surface area contributed by atoms with E-state index in [0.29, 0.717) is 17.1 Å². The molecule has 5 aromatic rings. The van der Waals surface area contributed by atoms with E-state index in [2.05, 4.69) is 15.1 Å². The van der Waals surface area contributed by atoms with Gasteiger partial charge in [0.25, 0.3) is 5.56 Å². The minimum Gasteiger partial charge on any atom is -0.497 e. The molecule has 0 N–H and O–H groups in total.